The molecule has 8 heteroatoms. The zero-order valence-electron chi connectivity index (χ0n) is 19.4. The molecule has 1 aromatic rings. The van der Waals surface area contributed by atoms with Gasteiger partial charge in [-0.3, -0.25) is 0 Å². The molecule has 1 aliphatic rings. The number of thiophene rings is 1. The second-order valence-electron chi connectivity index (χ2n) is 9.65. The van der Waals surface area contributed by atoms with E-state index in [1.165, 1.54) is 11.3 Å². The molecule has 0 radical (unpaired) electrons. The molecule has 1 amide bonds. The number of rotatable bonds is 9. The van der Waals surface area contributed by atoms with E-state index in [2.05, 4.69) is 33.9 Å². The van der Waals surface area contributed by atoms with Gasteiger partial charge in [0.2, 0.25) is 0 Å². The molecule has 0 bridgehead atoms. The summed E-state index contributed by atoms with van der Waals surface area (Å²) in [4.78, 5) is 27.9. The summed E-state index contributed by atoms with van der Waals surface area (Å²) in [5.74, 6) is -0.274. The number of aryl methyl sites for hydroxylation is 1. The van der Waals surface area contributed by atoms with Crippen LogP contribution in [0.3, 0.4) is 0 Å². The van der Waals surface area contributed by atoms with Gasteiger partial charge in [0.05, 0.1) is 25.4 Å². The lowest BCUT2D eigenvalue weighted by atomic mass is 10.1. The van der Waals surface area contributed by atoms with Gasteiger partial charge in [-0.15, -0.1) is 11.3 Å². The van der Waals surface area contributed by atoms with Crippen LogP contribution in [0.4, 0.5) is 4.79 Å². The summed E-state index contributed by atoms with van der Waals surface area (Å²) in [6.07, 6.45) is 2.03. The van der Waals surface area contributed by atoms with Gasteiger partial charge in [0.15, 0.2) is 8.32 Å². The Labute approximate surface area is 186 Å². The molecule has 0 aliphatic carbocycles. The molecular formula is C22H37NO5SSi. The first-order valence-corrected chi connectivity index (χ1v) is 14.5. The maximum absolute atomic E-state index is 12.4. The average molecular weight is 456 g/mol. The third-order valence-electron chi connectivity index (χ3n) is 5.82. The third-order valence-corrected chi connectivity index (χ3v) is 11.4. The molecule has 170 valence electrons. The predicted molar refractivity (Wildman–Crippen MR) is 123 cm³/mol. The summed E-state index contributed by atoms with van der Waals surface area (Å²) in [5, 5.41) is 0.139. The first-order valence-electron chi connectivity index (χ1n) is 10.8. The number of nitrogens with zero attached hydrogens (tertiary/aromatic N) is 1. The maximum Gasteiger partial charge on any atom is 0.410 e. The molecule has 2 rings (SSSR count). The van der Waals surface area contributed by atoms with Crippen LogP contribution >= 0.6 is 11.3 Å². The van der Waals surface area contributed by atoms with Crippen LogP contribution in [0.1, 0.15) is 62.0 Å². The summed E-state index contributed by atoms with van der Waals surface area (Å²) in [7, 11) is -1.87. The Hall–Kier alpha value is -1.38. The lowest BCUT2D eigenvalue weighted by Crippen LogP contribution is -2.51. The standard InChI is InChI=1S/C22H37NO5SSi/c1-16(2)28-20(24)19-11-10-18(29-19)9-8-13-23-17(12-14-26-21(23)25)15-27-30(6,7)22(3,4)5/h10-11,16-17H,8-9,12-15H2,1-7H3. The third kappa shape index (κ3) is 6.82. The van der Waals surface area contributed by atoms with Gasteiger partial charge in [0.25, 0.3) is 0 Å². The second kappa shape index (κ2) is 10.3. The minimum atomic E-state index is -1.87. The molecule has 0 saturated carbocycles. The smallest absolute Gasteiger partial charge is 0.410 e. The van der Waals surface area contributed by atoms with Crippen LogP contribution in [0, 0.1) is 0 Å². The van der Waals surface area contributed by atoms with Crippen molar-refractivity contribution in [2.45, 2.75) is 84.2 Å². The highest BCUT2D eigenvalue weighted by Crippen LogP contribution is 2.37. The van der Waals surface area contributed by atoms with E-state index in [0.717, 1.165) is 24.1 Å². The first-order chi connectivity index (χ1) is 13.9. The molecule has 1 aromatic heterocycles. The highest BCUT2D eigenvalue weighted by molar-refractivity contribution is 7.13. The van der Waals surface area contributed by atoms with E-state index < -0.39 is 8.32 Å². The summed E-state index contributed by atoms with van der Waals surface area (Å²) < 4.78 is 16.9. The molecule has 30 heavy (non-hydrogen) atoms. The average Bonchev–Trinajstić information content (AvgIpc) is 3.09. The van der Waals surface area contributed by atoms with Gasteiger partial charge in [-0.25, -0.2) is 9.59 Å². The fraction of sp³-hybridized carbons (Fsp3) is 0.727. The lowest BCUT2D eigenvalue weighted by molar-refractivity contribution is 0.0267. The molecule has 1 saturated heterocycles. The van der Waals surface area contributed by atoms with Crippen LogP contribution in [0.15, 0.2) is 12.1 Å². The van der Waals surface area contributed by atoms with Crippen molar-refractivity contribution in [1.29, 1.82) is 0 Å². The minimum absolute atomic E-state index is 0.0558. The van der Waals surface area contributed by atoms with Crippen LogP contribution in [0.5, 0.6) is 0 Å². The fourth-order valence-corrected chi connectivity index (χ4v) is 4.93. The largest absolute Gasteiger partial charge is 0.459 e. The summed E-state index contributed by atoms with van der Waals surface area (Å²) in [5.41, 5.74) is 0. The van der Waals surface area contributed by atoms with Gasteiger partial charge in [-0.1, -0.05) is 20.8 Å². The predicted octanol–water partition coefficient (Wildman–Crippen LogP) is 5.48. The Morgan fingerprint density at radius 3 is 2.67 bits per heavy atom. The van der Waals surface area contributed by atoms with Crippen molar-refractivity contribution in [3.63, 3.8) is 0 Å². The van der Waals surface area contributed by atoms with Gasteiger partial charge < -0.3 is 18.8 Å². The van der Waals surface area contributed by atoms with Crippen molar-refractivity contribution in [3.05, 3.63) is 21.9 Å². The van der Waals surface area contributed by atoms with Gasteiger partial charge >= 0.3 is 12.1 Å². The Balaban J connectivity index is 1.89. The van der Waals surface area contributed by atoms with Crippen molar-refractivity contribution >= 4 is 31.7 Å². The van der Waals surface area contributed by atoms with E-state index in [9.17, 15) is 9.59 Å². The summed E-state index contributed by atoms with van der Waals surface area (Å²) in [6, 6.07) is 3.84. The second-order valence-corrected chi connectivity index (χ2v) is 15.6. The first kappa shape index (κ1) is 24.9. The molecule has 0 N–H and O–H groups in total. The van der Waals surface area contributed by atoms with Crippen molar-refractivity contribution in [3.8, 4) is 0 Å². The van der Waals surface area contributed by atoms with Gasteiger partial charge in [-0.2, -0.15) is 0 Å². The number of amides is 1. The summed E-state index contributed by atoms with van der Waals surface area (Å²) in [6.45, 7) is 16.4. The van der Waals surface area contributed by atoms with Crippen LogP contribution in [0.2, 0.25) is 18.1 Å². The van der Waals surface area contributed by atoms with Gasteiger partial charge in [-0.05, 0) is 57.0 Å². The Kier molecular flexibility index (Phi) is 8.53. The molecule has 1 unspecified atom stereocenters. The molecule has 0 spiro atoms. The minimum Gasteiger partial charge on any atom is -0.459 e. The van der Waals surface area contributed by atoms with Crippen LogP contribution in [0.25, 0.3) is 0 Å². The lowest BCUT2D eigenvalue weighted by Gasteiger charge is -2.40. The molecule has 0 aromatic carbocycles. The quantitative estimate of drug-likeness (QED) is 0.364. The van der Waals surface area contributed by atoms with E-state index in [0.29, 0.717) is 24.6 Å². The fourth-order valence-electron chi connectivity index (χ4n) is 2.96. The number of cyclic esters (lactones) is 1. The maximum atomic E-state index is 12.4. The molecule has 2 heterocycles. The monoisotopic (exact) mass is 455 g/mol. The van der Waals surface area contributed by atoms with E-state index in [1.807, 2.05) is 30.9 Å². The van der Waals surface area contributed by atoms with Crippen molar-refractivity contribution in [2.75, 3.05) is 19.8 Å². The number of carbonyl (C=O) groups excluding carboxylic acids is 2. The Morgan fingerprint density at radius 1 is 1.33 bits per heavy atom. The molecule has 1 fully saturated rings. The van der Waals surface area contributed by atoms with E-state index in [4.69, 9.17) is 13.9 Å². The Bertz CT molecular complexity index is 725. The molecular weight excluding hydrogens is 418 g/mol. The molecule has 1 atom stereocenters. The van der Waals surface area contributed by atoms with Crippen LogP contribution in [-0.4, -0.2) is 57.2 Å². The number of carbonyl (C=O) groups is 2. The Morgan fingerprint density at radius 2 is 2.03 bits per heavy atom. The molecule has 1 aliphatic heterocycles. The van der Waals surface area contributed by atoms with Crippen LogP contribution < -0.4 is 0 Å². The zero-order valence-corrected chi connectivity index (χ0v) is 21.3. The summed E-state index contributed by atoms with van der Waals surface area (Å²) >= 11 is 1.46. The van der Waals surface area contributed by atoms with Crippen molar-refractivity contribution in [1.82, 2.24) is 4.90 Å². The zero-order chi connectivity index (χ0) is 22.5. The van der Waals surface area contributed by atoms with Crippen molar-refractivity contribution < 1.29 is 23.5 Å². The topological polar surface area (TPSA) is 65.1 Å². The van der Waals surface area contributed by atoms with Crippen molar-refractivity contribution in [2.24, 2.45) is 0 Å². The van der Waals surface area contributed by atoms with Crippen LogP contribution in [-0.2, 0) is 20.3 Å². The van der Waals surface area contributed by atoms with Gasteiger partial charge in [0.1, 0.15) is 4.88 Å². The van der Waals surface area contributed by atoms with E-state index >= 15 is 0 Å². The number of hydrogen-bond acceptors (Lipinski definition) is 6. The number of ether oxygens (including phenoxy) is 2. The normalized spacial score (nSPS) is 17.9. The van der Waals surface area contributed by atoms with E-state index in [-0.39, 0.29) is 29.2 Å². The number of esters is 1. The highest BCUT2D eigenvalue weighted by Gasteiger charge is 2.39. The highest BCUT2D eigenvalue weighted by atomic mass is 32.1. The SMILES string of the molecule is CC(C)OC(=O)c1ccc(CCCN2C(=O)OCCC2CO[Si](C)(C)C(C)(C)C)s1. The number of hydrogen-bond donors (Lipinski definition) is 0. The van der Waals surface area contributed by atoms with E-state index in [1.54, 1.807) is 0 Å². The van der Waals surface area contributed by atoms with Gasteiger partial charge in [0, 0.05) is 17.8 Å². The molecule has 6 nitrogen and oxygen atoms in total.